The van der Waals surface area contributed by atoms with Gasteiger partial charge in [-0.2, -0.15) is 0 Å². The highest BCUT2D eigenvalue weighted by atomic mass is 16.5. The zero-order valence-corrected chi connectivity index (χ0v) is 34.6. The van der Waals surface area contributed by atoms with Crippen molar-refractivity contribution >= 4 is 36.0 Å². The number of ether oxygens (including phenoxy) is 2. The van der Waals surface area contributed by atoms with E-state index in [1.807, 2.05) is 30.3 Å². The average Bonchev–Trinajstić information content (AvgIpc) is 3.92. The van der Waals surface area contributed by atoms with E-state index in [1.54, 1.807) is 38.1 Å². The number of carbonyl (C=O) groups is 6. The molecule has 1 aliphatic heterocycles. The molecule has 324 valence electrons. The van der Waals surface area contributed by atoms with Gasteiger partial charge in [0.1, 0.15) is 41.9 Å². The SMILES string of the molecule is COc1ccccc1C(=O)N[C@H](CC1CCCCC1)C(=O)N1C[C@@H](n2nncc2C(C)(C)O)C[C@H]1C(=O)NC(C=O)(CCCCNC(=O)OCc1ccccc1)CC(N)=O. The summed E-state index contributed by atoms with van der Waals surface area (Å²) in [7, 11) is 1.45. The maximum absolute atomic E-state index is 14.9. The predicted molar refractivity (Wildman–Crippen MR) is 219 cm³/mol. The number of methoxy groups -OCH3 is 1. The number of primary amides is 1. The number of nitrogens with two attached hydrogens (primary N) is 1. The number of hydrogen-bond acceptors (Lipinski definition) is 11. The van der Waals surface area contributed by atoms with Gasteiger partial charge in [0.15, 0.2) is 0 Å². The fourth-order valence-electron chi connectivity index (χ4n) is 8.18. The summed E-state index contributed by atoms with van der Waals surface area (Å²) in [6.45, 7) is 3.40. The van der Waals surface area contributed by atoms with Crippen LogP contribution in [0.1, 0.15) is 112 Å². The summed E-state index contributed by atoms with van der Waals surface area (Å²) in [6, 6.07) is 13.0. The number of unbranched alkanes of at least 4 members (excludes halogenated alkanes) is 1. The van der Waals surface area contributed by atoms with Crippen LogP contribution in [0.4, 0.5) is 4.79 Å². The summed E-state index contributed by atoms with van der Waals surface area (Å²) < 4.78 is 12.2. The third-order valence-corrected chi connectivity index (χ3v) is 11.3. The molecule has 1 unspecified atom stereocenters. The van der Waals surface area contributed by atoms with E-state index >= 15 is 0 Å². The molecule has 5 rings (SSSR count). The molecule has 2 aromatic carbocycles. The van der Waals surface area contributed by atoms with Gasteiger partial charge >= 0.3 is 6.09 Å². The monoisotopic (exact) mass is 830 g/mol. The van der Waals surface area contributed by atoms with Gasteiger partial charge in [-0.15, -0.1) is 5.10 Å². The van der Waals surface area contributed by atoms with Crippen LogP contribution in [0.3, 0.4) is 0 Å². The molecule has 17 heteroatoms. The van der Waals surface area contributed by atoms with Crippen LogP contribution in [0.15, 0.2) is 60.8 Å². The molecule has 1 aliphatic carbocycles. The molecule has 2 heterocycles. The van der Waals surface area contributed by atoms with Crippen molar-refractivity contribution < 1.29 is 43.3 Å². The minimum absolute atomic E-state index is 0.00121. The van der Waals surface area contributed by atoms with Crippen LogP contribution in [0.25, 0.3) is 0 Å². The zero-order valence-electron chi connectivity index (χ0n) is 34.6. The van der Waals surface area contributed by atoms with Crippen LogP contribution >= 0.6 is 0 Å². The molecule has 17 nitrogen and oxygen atoms in total. The molecule has 2 fully saturated rings. The van der Waals surface area contributed by atoms with Gasteiger partial charge in [-0.1, -0.05) is 79.8 Å². The van der Waals surface area contributed by atoms with Crippen LogP contribution in [0.5, 0.6) is 5.75 Å². The molecule has 3 aromatic rings. The summed E-state index contributed by atoms with van der Waals surface area (Å²) >= 11 is 0. The number of amides is 5. The number of carbonyl (C=O) groups excluding carboxylic acids is 6. The molecule has 4 atom stereocenters. The largest absolute Gasteiger partial charge is 0.496 e. The number of likely N-dealkylation sites (tertiary alicyclic amines) is 1. The molecule has 0 spiro atoms. The first-order valence-electron chi connectivity index (χ1n) is 20.6. The summed E-state index contributed by atoms with van der Waals surface area (Å²) in [5.74, 6) is -2.08. The van der Waals surface area contributed by atoms with Crippen molar-refractivity contribution in [3.05, 3.63) is 77.6 Å². The first kappa shape index (κ1) is 45.2. The number of nitrogens with one attached hydrogen (secondary N) is 3. The summed E-state index contributed by atoms with van der Waals surface area (Å²) in [6.07, 6.45) is 6.65. The minimum atomic E-state index is -1.73. The number of aromatic nitrogens is 3. The van der Waals surface area contributed by atoms with E-state index in [9.17, 15) is 33.9 Å². The van der Waals surface area contributed by atoms with Crippen molar-refractivity contribution in [2.24, 2.45) is 11.7 Å². The molecule has 0 bridgehead atoms. The second-order valence-electron chi connectivity index (χ2n) is 16.3. The van der Waals surface area contributed by atoms with E-state index in [0.29, 0.717) is 37.0 Å². The van der Waals surface area contributed by atoms with E-state index in [-0.39, 0.29) is 44.0 Å². The Hall–Kier alpha value is -5.84. The second kappa shape index (κ2) is 20.9. The number of benzene rings is 2. The van der Waals surface area contributed by atoms with E-state index in [0.717, 1.165) is 37.7 Å². The molecule has 1 saturated heterocycles. The Morgan fingerprint density at radius 1 is 1.02 bits per heavy atom. The Balaban J connectivity index is 1.37. The summed E-state index contributed by atoms with van der Waals surface area (Å²) in [5, 5.41) is 27.6. The number of aldehydes is 1. The Bertz CT molecular complexity index is 1940. The van der Waals surface area contributed by atoms with Gasteiger partial charge in [0.05, 0.1) is 37.0 Å². The molecular formula is C43H58N8O9. The standard InChI is InChI=1S/C43H58N8O9/c1-42(2,58)36-25-46-49-51(36)31-23-34(39(55)48-43(28-52,24-37(44)53)20-12-13-21-45-41(57)60-27-30-16-8-5-9-17-30)50(26-31)40(56)33(22-29-14-6-4-7-15-29)47-38(54)32-18-10-11-19-35(32)59-3/h5,8-11,16-19,25,28-29,31,33-34,58H,4,6-7,12-15,20-24,26-27H2,1-3H3,(H2,44,53)(H,45,57)(H,47,54)(H,48,55)/t31-,33+,34-,43?/m0/s1. The van der Waals surface area contributed by atoms with Crippen molar-refractivity contribution in [3.63, 3.8) is 0 Å². The highest BCUT2D eigenvalue weighted by molar-refractivity contribution is 6.00. The average molecular weight is 831 g/mol. The molecule has 60 heavy (non-hydrogen) atoms. The maximum Gasteiger partial charge on any atom is 0.407 e. The molecule has 0 radical (unpaired) electrons. The van der Waals surface area contributed by atoms with E-state index < -0.39 is 65.4 Å². The van der Waals surface area contributed by atoms with Gasteiger partial charge in [-0.25, -0.2) is 9.48 Å². The molecule has 6 N–H and O–H groups in total. The normalized spacial score (nSPS) is 18.4. The Labute approximate surface area is 350 Å². The highest BCUT2D eigenvalue weighted by Crippen LogP contribution is 2.34. The van der Waals surface area contributed by atoms with Crippen molar-refractivity contribution in [3.8, 4) is 5.75 Å². The van der Waals surface area contributed by atoms with Gasteiger partial charge in [0.2, 0.25) is 17.7 Å². The van der Waals surface area contributed by atoms with Crippen LogP contribution < -0.4 is 26.4 Å². The lowest BCUT2D eigenvalue weighted by molar-refractivity contribution is -0.142. The molecule has 1 saturated carbocycles. The van der Waals surface area contributed by atoms with Crippen LogP contribution in [-0.2, 0) is 36.1 Å². The van der Waals surface area contributed by atoms with Crippen LogP contribution in [-0.4, -0.2) is 98.8 Å². The van der Waals surface area contributed by atoms with E-state index in [2.05, 4.69) is 26.3 Å². The third-order valence-electron chi connectivity index (χ3n) is 11.3. The topological polar surface area (TPSA) is 237 Å². The van der Waals surface area contributed by atoms with Gasteiger partial charge < -0.3 is 46.0 Å². The minimum Gasteiger partial charge on any atom is -0.496 e. The van der Waals surface area contributed by atoms with E-state index in [1.165, 1.54) is 22.9 Å². The second-order valence-corrected chi connectivity index (χ2v) is 16.3. The van der Waals surface area contributed by atoms with Crippen LogP contribution in [0, 0.1) is 5.92 Å². The van der Waals surface area contributed by atoms with Gasteiger partial charge in [-0.3, -0.25) is 19.2 Å². The first-order valence-corrected chi connectivity index (χ1v) is 20.6. The number of rotatable bonds is 20. The lowest BCUT2D eigenvalue weighted by Crippen LogP contribution is -2.59. The summed E-state index contributed by atoms with van der Waals surface area (Å²) in [4.78, 5) is 82.2. The van der Waals surface area contributed by atoms with Crippen molar-refractivity contribution in [1.82, 2.24) is 35.8 Å². The van der Waals surface area contributed by atoms with Gasteiger partial charge in [-0.05, 0) is 63.1 Å². The molecule has 2 aliphatic rings. The Morgan fingerprint density at radius 2 is 1.73 bits per heavy atom. The van der Waals surface area contributed by atoms with Crippen molar-refractivity contribution in [1.29, 1.82) is 0 Å². The number of alkyl carbamates (subject to hydrolysis) is 1. The quantitative estimate of drug-likeness (QED) is 0.0817. The number of para-hydroxylation sites is 1. The zero-order chi connectivity index (χ0) is 43.3. The maximum atomic E-state index is 14.9. The van der Waals surface area contributed by atoms with Gasteiger partial charge in [0.25, 0.3) is 5.91 Å². The highest BCUT2D eigenvalue weighted by Gasteiger charge is 2.47. The van der Waals surface area contributed by atoms with E-state index in [4.69, 9.17) is 15.2 Å². The number of hydrogen-bond donors (Lipinski definition) is 5. The van der Waals surface area contributed by atoms with Crippen molar-refractivity contribution in [2.45, 2.75) is 120 Å². The van der Waals surface area contributed by atoms with Gasteiger partial charge in [0, 0.05) is 19.5 Å². The summed E-state index contributed by atoms with van der Waals surface area (Å²) in [5.41, 5.74) is 3.96. The Kier molecular flexibility index (Phi) is 15.8. The molecule has 1 aromatic heterocycles. The lowest BCUT2D eigenvalue weighted by Gasteiger charge is -2.34. The third kappa shape index (κ3) is 12.1. The lowest BCUT2D eigenvalue weighted by atomic mass is 9.84. The first-order chi connectivity index (χ1) is 28.7. The fraction of sp³-hybridized carbons (Fsp3) is 0.535. The predicted octanol–water partition coefficient (Wildman–Crippen LogP) is 3.45. The van der Waals surface area contributed by atoms with Crippen LogP contribution in [0.2, 0.25) is 0 Å². The fourth-order valence-corrected chi connectivity index (χ4v) is 8.18. The van der Waals surface area contributed by atoms with Crippen molar-refractivity contribution in [2.75, 3.05) is 20.2 Å². The number of aliphatic hydroxyl groups is 1. The molecule has 5 amide bonds. The smallest absolute Gasteiger partial charge is 0.407 e. The molecular weight excluding hydrogens is 773 g/mol. The Morgan fingerprint density at radius 3 is 2.42 bits per heavy atom. The number of nitrogens with zero attached hydrogens (tertiary/aromatic N) is 4.